The molecule has 0 aromatic carbocycles. The Morgan fingerprint density at radius 3 is 1.65 bits per heavy atom. The molecule has 2 aromatic rings. The molecule has 3 heterocycles. The molecule has 0 amide bonds. The third-order valence-corrected chi connectivity index (χ3v) is 3.15. The molecule has 0 unspecified atom stereocenters. The van der Waals surface area contributed by atoms with Crippen LogP contribution in [0, 0.1) is 0 Å². The second-order valence-electron chi connectivity index (χ2n) is 4.33. The molecule has 4 nitrogen and oxygen atoms in total. The Morgan fingerprint density at radius 1 is 0.824 bits per heavy atom. The Morgan fingerprint density at radius 2 is 1.29 bits per heavy atom. The van der Waals surface area contributed by atoms with Crippen molar-refractivity contribution in [1.29, 1.82) is 0 Å². The summed E-state index contributed by atoms with van der Waals surface area (Å²) in [6, 6.07) is 8.38. The molecule has 88 valence electrons. The summed E-state index contributed by atoms with van der Waals surface area (Å²) in [6.07, 6.45) is 8.35. The van der Waals surface area contributed by atoms with Gasteiger partial charge in [-0.25, -0.2) is 0 Å². The molecule has 0 atom stereocenters. The van der Waals surface area contributed by atoms with Gasteiger partial charge in [-0.1, -0.05) is 0 Å². The fraction of sp³-hybridized carbons (Fsp3) is 0.231. The normalized spacial score (nSPS) is 14.9. The Labute approximate surface area is 101 Å². The van der Waals surface area contributed by atoms with Crippen LogP contribution in [0.3, 0.4) is 0 Å². The first-order valence-electron chi connectivity index (χ1n) is 5.70. The number of nitrogens with zero attached hydrogens (tertiary/aromatic N) is 4. The second-order valence-corrected chi connectivity index (χ2v) is 4.33. The Balaban J connectivity index is 1.82. The minimum absolute atomic E-state index is 0.857. The largest absolute Gasteiger partial charge is 0.337 e. The maximum Gasteiger partial charge on any atom is 0.113 e. The van der Waals surface area contributed by atoms with Gasteiger partial charge < -0.3 is 18.9 Å². The average Bonchev–Trinajstić information content (AvgIpc) is 2.97. The highest BCUT2D eigenvalue weighted by Crippen LogP contribution is 2.23. The van der Waals surface area contributed by atoms with Crippen molar-refractivity contribution in [3.63, 3.8) is 0 Å². The molecule has 0 spiro atoms. The molecular weight excluding hydrogens is 212 g/mol. The van der Waals surface area contributed by atoms with E-state index in [2.05, 4.69) is 82.1 Å². The first-order chi connectivity index (χ1) is 8.25. The van der Waals surface area contributed by atoms with Crippen LogP contribution in [0.2, 0.25) is 0 Å². The van der Waals surface area contributed by atoms with E-state index < -0.39 is 0 Å². The van der Waals surface area contributed by atoms with Crippen LogP contribution >= 0.6 is 0 Å². The van der Waals surface area contributed by atoms with Crippen molar-refractivity contribution in [2.45, 2.75) is 0 Å². The molecule has 0 fully saturated rings. The highest BCUT2D eigenvalue weighted by molar-refractivity contribution is 5.54. The molecular formula is C13H16N4. The van der Waals surface area contributed by atoms with E-state index in [0.29, 0.717) is 0 Å². The molecule has 2 aromatic heterocycles. The lowest BCUT2D eigenvalue weighted by Gasteiger charge is -2.21. The van der Waals surface area contributed by atoms with Gasteiger partial charge in [0.1, 0.15) is 18.3 Å². The van der Waals surface area contributed by atoms with Gasteiger partial charge in [0.05, 0.1) is 0 Å². The lowest BCUT2D eigenvalue weighted by Crippen LogP contribution is -2.26. The summed E-state index contributed by atoms with van der Waals surface area (Å²) >= 11 is 0. The van der Waals surface area contributed by atoms with Gasteiger partial charge in [0, 0.05) is 38.9 Å². The summed E-state index contributed by atoms with van der Waals surface area (Å²) in [4.78, 5) is 4.46. The minimum Gasteiger partial charge on any atom is -0.337 e. The predicted molar refractivity (Wildman–Crippen MR) is 69.8 cm³/mol. The quantitative estimate of drug-likeness (QED) is 0.783. The molecule has 17 heavy (non-hydrogen) atoms. The van der Waals surface area contributed by atoms with Crippen LogP contribution in [0.4, 0.5) is 11.6 Å². The summed E-state index contributed by atoms with van der Waals surface area (Å²) in [5.74, 6) is 2.41. The number of hydrogen-bond acceptors (Lipinski definition) is 2. The van der Waals surface area contributed by atoms with E-state index >= 15 is 0 Å². The van der Waals surface area contributed by atoms with Crippen molar-refractivity contribution in [3.05, 3.63) is 49.1 Å². The summed E-state index contributed by atoms with van der Waals surface area (Å²) in [6.45, 7) is 0.857. The van der Waals surface area contributed by atoms with E-state index in [0.717, 1.165) is 6.67 Å². The van der Waals surface area contributed by atoms with Gasteiger partial charge in [-0.05, 0) is 24.3 Å². The van der Waals surface area contributed by atoms with Crippen molar-refractivity contribution in [1.82, 2.24) is 9.13 Å². The molecule has 0 N–H and O–H groups in total. The van der Waals surface area contributed by atoms with Crippen LogP contribution in [-0.2, 0) is 14.1 Å². The lowest BCUT2D eigenvalue weighted by atomic mass is 10.5. The fourth-order valence-corrected chi connectivity index (χ4v) is 2.22. The molecule has 0 aliphatic carbocycles. The molecule has 4 heteroatoms. The summed E-state index contributed by atoms with van der Waals surface area (Å²) in [5.41, 5.74) is 0. The number of aromatic nitrogens is 2. The van der Waals surface area contributed by atoms with Gasteiger partial charge in [-0.3, -0.25) is 0 Å². The van der Waals surface area contributed by atoms with Gasteiger partial charge in [-0.2, -0.15) is 0 Å². The van der Waals surface area contributed by atoms with Gasteiger partial charge >= 0.3 is 0 Å². The zero-order valence-corrected chi connectivity index (χ0v) is 10.1. The Bertz CT molecular complexity index is 501. The van der Waals surface area contributed by atoms with Crippen molar-refractivity contribution in [3.8, 4) is 0 Å². The van der Waals surface area contributed by atoms with Gasteiger partial charge in [0.25, 0.3) is 0 Å². The van der Waals surface area contributed by atoms with Crippen LogP contribution in [0.15, 0.2) is 49.1 Å². The predicted octanol–water partition coefficient (Wildman–Crippen LogP) is 2.12. The van der Waals surface area contributed by atoms with Crippen molar-refractivity contribution in [2.24, 2.45) is 14.1 Å². The molecule has 0 bridgehead atoms. The number of aryl methyl sites for hydroxylation is 2. The van der Waals surface area contributed by atoms with E-state index in [1.54, 1.807) is 0 Å². The first-order valence-corrected chi connectivity index (χ1v) is 5.70. The molecule has 0 saturated carbocycles. The van der Waals surface area contributed by atoms with E-state index in [1.165, 1.54) is 11.6 Å². The third kappa shape index (κ3) is 1.62. The number of hydrogen-bond donors (Lipinski definition) is 0. The summed E-state index contributed by atoms with van der Waals surface area (Å²) in [5, 5.41) is 0. The van der Waals surface area contributed by atoms with E-state index in [1.807, 2.05) is 0 Å². The fourth-order valence-electron chi connectivity index (χ4n) is 2.22. The third-order valence-electron chi connectivity index (χ3n) is 3.15. The lowest BCUT2D eigenvalue weighted by molar-refractivity contribution is 0.833. The molecule has 1 aliphatic heterocycles. The molecule has 0 radical (unpaired) electrons. The maximum atomic E-state index is 2.23. The maximum absolute atomic E-state index is 2.23. The van der Waals surface area contributed by atoms with Gasteiger partial charge in [0.15, 0.2) is 0 Å². The van der Waals surface area contributed by atoms with E-state index in [4.69, 9.17) is 0 Å². The Kier molecular flexibility index (Phi) is 2.21. The average molecular weight is 228 g/mol. The van der Waals surface area contributed by atoms with Crippen molar-refractivity contribution >= 4 is 11.6 Å². The van der Waals surface area contributed by atoms with Crippen molar-refractivity contribution in [2.75, 3.05) is 16.5 Å². The summed E-state index contributed by atoms with van der Waals surface area (Å²) in [7, 11) is 4.13. The zero-order valence-electron chi connectivity index (χ0n) is 10.1. The van der Waals surface area contributed by atoms with Gasteiger partial charge in [0.2, 0.25) is 0 Å². The highest BCUT2D eigenvalue weighted by Gasteiger charge is 2.18. The number of rotatable bonds is 2. The molecule has 0 saturated heterocycles. The smallest absolute Gasteiger partial charge is 0.113 e. The Hall–Kier alpha value is -2.10. The highest BCUT2D eigenvalue weighted by atomic mass is 15.4. The SMILES string of the molecule is Cn1cccc1N1C=CN(c2cccn2C)C1. The monoisotopic (exact) mass is 228 g/mol. The minimum atomic E-state index is 0.857. The number of anilines is 2. The molecule has 1 aliphatic rings. The van der Waals surface area contributed by atoms with E-state index in [-0.39, 0.29) is 0 Å². The standard InChI is InChI=1S/C13H16N4/c1-14-7-3-5-12(14)16-9-10-17(11-16)13-6-4-8-15(13)2/h3-10H,11H2,1-2H3. The van der Waals surface area contributed by atoms with Crippen LogP contribution < -0.4 is 9.80 Å². The van der Waals surface area contributed by atoms with E-state index in [9.17, 15) is 0 Å². The van der Waals surface area contributed by atoms with Gasteiger partial charge in [-0.15, -0.1) is 0 Å². The van der Waals surface area contributed by atoms with Crippen LogP contribution in [0.1, 0.15) is 0 Å². The summed E-state index contributed by atoms with van der Waals surface area (Å²) < 4.78 is 4.25. The zero-order chi connectivity index (χ0) is 11.8. The second kappa shape index (κ2) is 3.73. The van der Waals surface area contributed by atoms with Crippen LogP contribution in [-0.4, -0.2) is 15.8 Å². The first kappa shape index (κ1) is 10.1. The van der Waals surface area contributed by atoms with Crippen molar-refractivity contribution < 1.29 is 0 Å². The molecule has 3 rings (SSSR count). The van der Waals surface area contributed by atoms with Crippen LogP contribution in [0.25, 0.3) is 0 Å². The van der Waals surface area contributed by atoms with Crippen LogP contribution in [0.5, 0.6) is 0 Å². The topological polar surface area (TPSA) is 16.3 Å².